The van der Waals surface area contributed by atoms with E-state index in [1.54, 1.807) is 0 Å². The van der Waals surface area contributed by atoms with Crippen LogP contribution in [0.1, 0.15) is 39.0 Å². The van der Waals surface area contributed by atoms with Crippen LogP contribution in [0.4, 0.5) is 0 Å². The van der Waals surface area contributed by atoms with Gasteiger partial charge in [0.25, 0.3) is 0 Å². The SMILES string of the molecule is CCC1CC1NCCCCC(=O)O. The molecule has 2 unspecified atom stereocenters. The molecule has 0 aromatic carbocycles. The topological polar surface area (TPSA) is 49.3 Å². The highest BCUT2D eigenvalue weighted by atomic mass is 16.4. The van der Waals surface area contributed by atoms with Crippen LogP contribution in [0, 0.1) is 5.92 Å². The molecule has 3 heteroatoms. The van der Waals surface area contributed by atoms with Crippen LogP contribution in [-0.4, -0.2) is 23.7 Å². The summed E-state index contributed by atoms with van der Waals surface area (Å²) >= 11 is 0. The van der Waals surface area contributed by atoms with Crippen molar-refractivity contribution >= 4 is 5.97 Å². The van der Waals surface area contributed by atoms with E-state index in [1.165, 1.54) is 12.8 Å². The zero-order chi connectivity index (χ0) is 9.68. The number of nitrogens with one attached hydrogen (secondary N) is 1. The predicted molar refractivity (Wildman–Crippen MR) is 51.7 cm³/mol. The lowest BCUT2D eigenvalue weighted by molar-refractivity contribution is -0.137. The molecule has 2 atom stereocenters. The molecule has 1 aliphatic carbocycles. The normalized spacial score (nSPS) is 25.9. The number of carboxylic acid groups (broad SMARTS) is 1. The first-order valence-electron chi connectivity index (χ1n) is 5.19. The van der Waals surface area contributed by atoms with Gasteiger partial charge in [-0.25, -0.2) is 0 Å². The summed E-state index contributed by atoms with van der Waals surface area (Å²) in [5.41, 5.74) is 0. The van der Waals surface area contributed by atoms with Crippen LogP contribution in [-0.2, 0) is 4.79 Å². The van der Waals surface area contributed by atoms with Gasteiger partial charge in [0, 0.05) is 12.5 Å². The van der Waals surface area contributed by atoms with Crippen molar-refractivity contribution in [1.82, 2.24) is 5.32 Å². The number of unbranched alkanes of at least 4 members (excludes halogenated alkanes) is 1. The van der Waals surface area contributed by atoms with E-state index in [9.17, 15) is 4.79 Å². The summed E-state index contributed by atoms with van der Waals surface area (Å²) in [4.78, 5) is 10.2. The number of hydrogen-bond acceptors (Lipinski definition) is 2. The molecule has 2 N–H and O–H groups in total. The molecule has 1 fully saturated rings. The molecule has 0 amide bonds. The Morgan fingerprint density at radius 2 is 2.31 bits per heavy atom. The molecule has 0 spiro atoms. The summed E-state index contributed by atoms with van der Waals surface area (Å²) in [5.74, 6) is 0.206. The fourth-order valence-electron chi connectivity index (χ4n) is 1.64. The van der Waals surface area contributed by atoms with E-state index in [4.69, 9.17) is 5.11 Å². The van der Waals surface area contributed by atoms with E-state index in [-0.39, 0.29) is 0 Å². The zero-order valence-electron chi connectivity index (χ0n) is 8.25. The van der Waals surface area contributed by atoms with Gasteiger partial charge < -0.3 is 10.4 Å². The van der Waals surface area contributed by atoms with Gasteiger partial charge in [0.1, 0.15) is 0 Å². The third-order valence-corrected chi connectivity index (χ3v) is 2.67. The van der Waals surface area contributed by atoms with E-state index >= 15 is 0 Å². The van der Waals surface area contributed by atoms with Crippen LogP contribution in [0.2, 0.25) is 0 Å². The van der Waals surface area contributed by atoms with Crippen LogP contribution in [0.25, 0.3) is 0 Å². The molecule has 0 aromatic heterocycles. The van der Waals surface area contributed by atoms with Crippen molar-refractivity contribution in [3.05, 3.63) is 0 Å². The van der Waals surface area contributed by atoms with Crippen LogP contribution in [0.15, 0.2) is 0 Å². The molecule has 1 saturated carbocycles. The molecule has 1 aliphatic rings. The Hall–Kier alpha value is -0.570. The molecule has 0 radical (unpaired) electrons. The Morgan fingerprint density at radius 1 is 1.54 bits per heavy atom. The molecule has 0 bridgehead atoms. The summed E-state index contributed by atoms with van der Waals surface area (Å²) in [6.45, 7) is 3.20. The Kier molecular flexibility index (Phi) is 4.22. The molecule has 3 nitrogen and oxygen atoms in total. The molecule has 13 heavy (non-hydrogen) atoms. The second kappa shape index (κ2) is 5.22. The average Bonchev–Trinajstić information content (AvgIpc) is 2.82. The Bertz CT molecular complexity index is 170. The molecular weight excluding hydrogens is 166 g/mol. The largest absolute Gasteiger partial charge is 0.481 e. The summed E-state index contributed by atoms with van der Waals surface area (Å²) in [6.07, 6.45) is 4.68. The predicted octanol–water partition coefficient (Wildman–Crippen LogP) is 1.63. The summed E-state index contributed by atoms with van der Waals surface area (Å²) in [6, 6.07) is 0.731. The van der Waals surface area contributed by atoms with Crippen molar-refractivity contribution in [2.45, 2.75) is 45.1 Å². The van der Waals surface area contributed by atoms with Crippen molar-refractivity contribution in [3.63, 3.8) is 0 Å². The van der Waals surface area contributed by atoms with Gasteiger partial charge in [0.15, 0.2) is 0 Å². The maximum Gasteiger partial charge on any atom is 0.303 e. The third kappa shape index (κ3) is 4.27. The van der Waals surface area contributed by atoms with Gasteiger partial charge in [-0.3, -0.25) is 4.79 Å². The summed E-state index contributed by atoms with van der Waals surface area (Å²) in [5, 5.41) is 11.8. The monoisotopic (exact) mass is 185 g/mol. The van der Waals surface area contributed by atoms with Gasteiger partial charge in [0.05, 0.1) is 0 Å². The molecular formula is C10H19NO2. The maximum absolute atomic E-state index is 10.2. The highest BCUT2D eigenvalue weighted by molar-refractivity contribution is 5.66. The second-order valence-electron chi connectivity index (χ2n) is 3.82. The van der Waals surface area contributed by atoms with Gasteiger partial charge in [-0.15, -0.1) is 0 Å². The van der Waals surface area contributed by atoms with Gasteiger partial charge in [-0.2, -0.15) is 0 Å². The minimum atomic E-state index is -0.683. The van der Waals surface area contributed by atoms with Crippen LogP contribution >= 0.6 is 0 Å². The molecule has 0 saturated heterocycles. The molecule has 1 rings (SSSR count). The fraction of sp³-hybridized carbons (Fsp3) is 0.900. The average molecular weight is 185 g/mol. The zero-order valence-corrected chi connectivity index (χ0v) is 8.25. The van der Waals surface area contributed by atoms with Crippen LogP contribution in [0.5, 0.6) is 0 Å². The highest BCUT2D eigenvalue weighted by Crippen LogP contribution is 2.32. The molecule has 0 heterocycles. The van der Waals surface area contributed by atoms with Crippen molar-refractivity contribution in [2.24, 2.45) is 5.92 Å². The Balaban J connectivity index is 1.83. The lowest BCUT2D eigenvalue weighted by Gasteiger charge is -2.01. The van der Waals surface area contributed by atoms with E-state index in [0.29, 0.717) is 6.42 Å². The number of aliphatic carboxylic acids is 1. The van der Waals surface area contributed by atoms with Crippen LogP contribution < -0.4 is 5.32 Å². The summed E-state index contributed by atoms with van der Waals surface area (Å²) < 4.78 is 0. The van der Waals surface area contributed by atoms with Gasteiger partial charge in [-0.05, 0) is 31.7 Å². The second-order valence-corrected chi connectivity index (χ2v) is 3.82. The van der Waals surface area contributed by atoms with E-state index in [2.05, 4.69) is 12.2 Å². The third-order valence-electron chi connectivity index (χ3n) is 2.67. The number of rotatable bonds is 7. The van der Waals surface area contributed by atoms with Gasteiger partial charge in [0.2, 0.25) is 0 Å². The summed E-state index contributed by atoms with van der Waals surface area (Å²) in [7, 11) is 0. The van der Waals surface area contributed by atoms with E-state index in [1.807, 2.05) is 0 Å². The van der Waals surface area contributed by atoms with Crippen LogP contribution in [0.3, 0.4) is 0 Å². The number of carbonyl (C=O) groups is 1. The lowest BCUT2D eigenvalue weighted by Crippen LogP contribution is -2.19. The Morgan fingerprint density at radius 3 is 2.85 bits per heavy atom. The van der Waals surface area contributed by atoms with E-state index in [0.717, 1.165) is 31.3 Å². The number of carboxylic acids is 1. The smallest absolute Gasteiger partial charge is 0.303 e. The molecule has 76 valence electrons. The van der Waals surface area contributed by atoms with Crippen molar-refractivity contribution in [1.29, 1.82) is 0 Å². The fourth-order valence-corrected chi connectivity index (χ4v) is 1.64. The van der Waals surface area contributed by atoms with E-state index < -0.39 is 5.97 Å². The van der Waals surface area contributed by atoms with Crippen molar-refractivity contribution in [3.8, 4) is 0 Å². The standard InChI is InChI=1S/C10H19NO2/c1-2-8-7-9(8)11-6-4-3-5-10(12)13/h8-9,11H,2-7H2,1H3,(H,12,13). The molecule has 0 aliphatic heterocycles. The van der Waals surface area contributed by atoms with Crippen molar-refractivity contribution < 1.29 is 9.90 Å². The highest BCUT2D eigenvalue weighted by Gasteiger charge is 2.34. The van der Waals surface area contributed by atoms with Gasteiger partial charge >= 0.3 is 5.97 Å². The minimum Gasteiger partial charge on any atom is -0.481 e. The lowest BCUT2D eigenvalue weighted by atomic mass is 10.2. The minimum absolute atomic E-state index is 0.309. The first-order chi connectivity index (χ1) is 6.24. The molecule has 0 aromatic rings. The first-order valence-corrected chi connectivity index (χ1v) is 5.19. The van der Waals surface area contributed by atoms with Crippen molar-refractivity contribution in [2.75, 3.05) is 6.54 Å². The Labute approximate surface area is 79.5 Å². The number of hydrogen-bond donors (Lipinski definition) is 2. The maximum atomic E-state index is 10.2. The van der Waals surface area contributed by atoms with Gasteiger partial charge in [-0.1, -0.05) is 13.3 Å². The first kappa shape index (κ1) is 10.5. The quantitative estimate of drug-likeness (QED) is 0.593.